The SMILES string of the molecule is C[Si](C)(C)c1ccc(N(c2ccc([Si](C)(C)C)cc2)c2cc3c(c4ccccc24)c2c4ccccc4c(N(c4ccc([Si](C)(C)C)cc4)c4ccc([Si](C)(C)Cc5ccc(-c6ccc(N(c7ccccc7)c7cc8c(c9ccccc79)c7c9ccccc9c(N(c9ccccc9)c9ccc(-c%10ccccc%10)cc9)cc7n8-c7cccc8c7sc7ccccc78)cc6)cc5)cc4)cc2n3-c2cccc3c2sc2ccccc23)cc1. The molecule has 0 N–H and O–H groups in total. The van der Waals surface area contributed by atoms with Gasteiger partial charge in [-0.05, 0) is 195 Å². The lowest BCUT2D eigenvalue weighted by molar-refractivity contribution is 1.20. The molecule has 6 nitrogen and oxygen atoms in total. The van der Waals surface area contributed by atoms with Crippen LogP contribution in [0.15, 0.2) is 467 Å². The van der Waals surface area contributed by atoms with E-state index in [1.54, 1.807) is 0 Å². The fourth-order valence-electron chi connectivity index (χ4n) is 23.4. The summed E-state index contributed by atoms with van der Waals surface area (Å²) in [6.45, 7) is 27.2. The molecule has 0 saturated carbocycles. The van der Waals surface area contributed by atoms with Gasteiger partial charge in [-0.1, -0.05) is 420 Å². The van der Waals surface area contributed by atoms with E-state index >= 15 is 0 Å². The van der Waals surface area contributed by atoms with Gasteiger partial charge in [-0.2, -0.15) is 0 Å². The van der Waals surface area contributed by atoms with Gasteiger partial charge in [0.05, 0.1) is 97.9 Å². The highest BCUT2D eigenvalue weighted by atomic mass is 32.1. The van der Waals surface area contributed by atoms with E-state index in [2.05, 4.69) is 568 Å². The first-order valence-electron chi connectivity index (χ1n) is 51.8. The maximum absolute atomic E-state index is 2.66. The van der Waals surface area contributed by atoms with Gasteiger partial charge in [0.25, 0.3) is 0 Å². The number of anilines is 12. The van der Waals surface area contributed by atoms with Crippen LogP contribution in [-0.4, -0.2) is 41.4 Å². The number of benzene rings is 22. The molecular formula is C136H112N6S2Si4. The largest absolute Gasteiger partial charge is 0.310 e. The quantitative estimate of drug-likeness (QED) is 0.0631. The number of para-hydroxylation sites is 2. The number of fused-ring (bicyclic) bond motifs is 20. The Kier molecular flexibility index (Phi) is 22.5. The Hall–Kier alpha value is -16.0. The molecule has 22 aromatic carbocycles. The topological polar surface area (TPSA) is 22.8 Å². The fraction of sp³-hybridized carbons (Fsp3) is 0.0882. The van der Waals surface area contributed by atoms with E-state index in [0.717, 1.165) is 113 Å². The lowest BCUT2D eigenvalue weighted by atomic mass is 9.96. The summed E-state index contributed by atoms with van der Waals surface area (Å²) >= 11 is 3.78. The Labute approximate surface area is 876 Å². The van der Waals surface area contributed by atoms with Gasteiger partial charge in [0.15, 0.2) is 0 Å². The highest BCUT2D eigenvalue weighted by molar-refractivity contribution is 7.26. The second-order valence-corrected chi connectivity index (χ2v) is 65.7. The molecule has 0 aliphatic rings. The van der Waals surface area contributed by atoms with Crippen molar-refractivity contribution in [2.75, 3.05) is 19.6 Å². The smallest absolute Gasteiger partial charge is 0.0849 e. The van der Waals surface area contributed by atoms with Crippen molar-refractivity contribution < 1.29 is 0 Å². The summed E-state index contributed by atoms with van der Waals surface area (Å²) in [5, 5.41) is 25.2. The van der Waals surface area contributed by atoms with Crippen molar-refractivity contribution in [3.63, 3.8) is 0 Å². The summed E-state index contributed by atoms with van der Waals surface area (Å²) in [7, 11) is -7.22. The third-order valence-electron chi connectivity index (χ3n) is 30.9. The first kappa shape index (κ1) is 91.9. The van der Waals surface area contributed by atoms with Gasteiger partial charge >= 0.3 is 0 Å². The molecule has 0 amide bonds. The van der Waals surface area contributed by atoms with E-state index in [4.69, 9.17) is 0 Å². The molecule has 12 heteroatoms. The van der Waals surface area contributed by atoms with Crippen LogP contribution in [0.25, 0.3) is 161 Å². The predicted molar refractivity (Wildman–Crippen MR) is 657 cm³/mol. The molecule has 0 saturated heterocycles. The number of hydrogen-bond donors (Lipinski definition) is 0. The summed E-state index contributed by atoms with van der Waals surface area (Å²) in [6.07, 6.45) is 0. The maximum Gasteiger partial charge on any atom is 0.0849 e. The third kappa shape index (κ3) is 15.9. The molecule has 0 aliphatic carbocycles. The molecule has 0 fully saturated rings. The normalized spacial score (nSPS) is 12.3. The van der Waals surface area contributed by atoms with Crippen LogP contribution in [0.2, 0.25) is 72.0 Å². The standard InChI is InChI=1S/C136H112N6S2Si4/c1-145(2,3)103-77-69-99(70-78-103)139(100-71-79-104(80-72-100)146(4,5)6)123-87-127-133(115-49-27-23-43-109(115)123)134-116-50-28-24-44-110(116)124(88-128(134)142(127)120-54-34-52-118-112-46-30-32-56-130(112)144-136(118)120)140(101-73-81-105(82-74-101)147(7,8)9)102-75-83-106(84-76-102)148(10,11)89-90-57-59-92(60-58-90)94-63-67-98(68-64-94)138(96-39-19-14-20-40-96)122-86-126-132(114-48-26-22-42-108(114)122)131-113-47-25-21-41-107(113)121(85-125(131)141(126)119-53-33-51-117-111-45-29-31-55-129(111)143-135(117)119)137(95-37-17-13-18-38-95)97-65-61-93(62-66-97)91-35-15-12-16-36-91/h12-88H,89H2,1-11H3. The van der Waals surface area contributed by atoms with E-state index < -0.39 is 32.3 Å². The van der Waals surface area contributed by atoms with Gasteiger partial charge in [-0.25, -0.2) is 0 Å². The van der Waals surface area contributed by atoms with Gasteiger partial charge in [-0.3, -0.25) is 0 Å². The van der Waals surface area contributed by atoms with Crippen LogP contribution >= 0.6 is 22.7 Å². The molecule has 714 valence electrons. The van der Waals surface area contributed by atoms with Crippen LogP contribution in [0.1, 0.15) is 5.56 Å². The van der Waals surface area contributed by atoms with E-state index in [1.165, 1.54) is 148 Å². The summed E-state index contributed by atoms with van der Waals surface area (Å²) in [6, 6.07) is 179. The zero-order valence-corrected chi connectivity index (χ0v) is 90.8. The van der Waals surface area contributed by atoms with Crippen molar-refractivity contribution in [3.8, 4) is 33.6 Å². The van der Waals surface area contributed by atoms with Crippen molar-refractivity contribution >= 4 is 271 Å². The van der Waals surface area contributed by atoms with E-state index in [0.29, 0.717) is 0 Å². The first-order chi connectivity index (χ1) is 72.1. The minimum absolute atomic E-state index is 0.978. The molecule has 4 aromatic heterocycles. The summed E-state index contributed by atoms with van der Waals surface area (Å²) in [5.74, 6) is 0. The average molecular weight is 2010 g/mol. The van der Waals surface area contributed by atoms with Gasteiger partial charge in [-0.15, -0.1) is 22.7 Å². The third-order valence-corrected chi connectivity index (χ3v) is 42.7. The molecule has 0 aliphatic heterocycles. The van der Waals surface area contributed by atoms with Crippen LogP contribution in [0, 0.1) is 0 Å². The summed E-state index contributed by atoms with van der Waals surface area (Å²) < 4.78 is 10.3. The van der Waals surface area contributed by atoms with Crippen LogP contribution < -0.4 is 40.3 Å². The Balaban J connectivity index is 0.573. The zero-order valence-electron chi connectivity index (χ0n) is 85.2. The molecule has 0 radical (unpaired) electrons. The highest BCUT2D eigenvalue weighted by Gasteiger charge is 2.34. The average Bonchev–Trinajstić information content (AvgIpc) is 1.54. The second-order valence-electron chi connectivity index (χ2n) is 43.7. The number of nitrogens with zero attached hydrogens (tertiary/aromatic N) is 6. The molecule has 26 aromatic rings. The molecule has 148 heavy (non-hydrogen) atoms. The van der Waals surface area contributed by atoms with Gasteiger partial charge < -0.3 is 28.7 Å². The Morgan fingerprint density at radius 3 is 0.723 bits per heavy atom. The monoisotopic (exact) mass is 2000 g/mol. The van der Waals surface area contributed by atoms with Crippen molar-refractivity contribution in [1.29, 1.82) is 0 Å². The number of aromatic nitrogens is 2. The van der Waals surface area contributed by atoms with Crippen LogP contribution in [-0.2, 0) is 6.04 Å². The molecule has 0 unspecified atom stereocenters. The second kappa shape index (κ2) is 36.3. The molecule has 0 bridgehead atoms. The zero-order chi connectivity index (χ0) is 100. The minimum atomic E-state index is -2.20. The van der Waals surface area contributed by atoms with Crippen molar-refractivity contribution in [3.05, 3.63) is 473 Å². The van der Waals surface area contributed by atoms with Crippen molar-refractivity contribution in [1.82, 2.24) is 9.13 Å². The van der Waals surface area contributed by atoms with Gasteiger partial charge in [0.1, 0.15) is 0 Å². The van der Waals surface area contributed by atoms with Crippen molar-refractivity contribution in [2.24, 2.45) is 0 Å². The van der Waals surface area contributed by atoms with E-state index in [-0.39, 0.29) is 0 Å². The lowest BCUT2D eigenvalue weighted by Crippen LogP contribution is -2.44. The van der Waals surface area contributed by atoms with Crippen LogP contribution in [0.5, 0.6) is 0 Å². The van der Waals surface area contributed by atoms with Crippen molar-refractivity contribution in [2.45, 2.75) is 78.1 Å². The van der Waals surface area contributed by atoms with Gasteiger partial charge in [0, 0.05) is 120 Å². The molecule has 0 spiro atoms. The molecule has 0 atom stereocenters. The fourth-order valence-corrected chi connectivity index (χ4v) is 31.8. The summed E-state index contributed by atoms with van der Waals surface area (Å²) in [5.41, 5.74) is 26.2. The first-order valence-corrected chi connectivity index (χ1v) is 67.1. The molecule has 4 heterocycles. The number of hydrogen-bond acceptors (Lipinski definition) is 6. The Morgan fingerprint density at radius 2 is 0.426 bits per heavy atom. The van der Waals surface area contributed by atoms with E-state index in [9.17, 15) is 0 Å². The summed E-state index contributed by atoms with van der Waals surface area (Å²) in [4.78, 5) is 10.1. The predicted octanol–water partition coefficient (Wildman–Crippen LogP) is 37.8. The van der Waals surface area contributed by atoms with Crippen LogP contribution in [0.3, 0.4) is 0 Å². The molecular weight excluding hydrogens is 1890 g/mol. The van der Waals surface area contributed by atoms with Gasteiger partial charge in [0.2, 0.25) is 0 Å². The lowest BCUT2D eigenvalue weighted by Gasteiger charge is -2.29. The Morgan fingerprint density at radius 1 is 0.196 bits per heavy atom. The van der Waals surface area contributed by atoms with Crippen LogP contribution in [0.4, 0.5) is 68.2 Å². The van der Waals surface area contributed by atoms with E-state index in [1.807, 2.05) is 22.7 Å². The highest BCUT2D eigenvalue weighted by Crippen LogP contribution is 2.56. The number of thiophene rings is 2. The Bertz CT molecular complexity index is 9630. The molecule has 26 rings (SSSR count). The number of rotatable bonds is 22. The maximum atomic E-state index is 2.66. The minimum Gasteiger partial charge on any atom is -0.310 e.